The number of amides is 1. The molecule has 1 saturated heterocycles. The minimum Gasteiger partial charge on any atom is -0.439 e. The maximum atomic E-state index is 12.5. The van der Waals surface area contributed by atoms with E-state index >= 15 is 0 Å². The molecule has 4 heterocycles. The lowest BCUT2D eigenvalue weighted by Crippen LogP contribution is -2.19. The van der Waals surface area contributed by atoms with Gasteiger partial charge in [0.1, 0.15) is 24.5 Å². The number of nitrogens with zero attached hydrogens (tertiary/aromatic N) is 6. The number of carbonyl (C=O) groups is 1. The van der Waals surface area contributed by atoms with E-state index in [2.05, 4.69) is 42.2 Å². The fraction of sp³-hybridized carbons (Fsp3) is 0.172. The lowest BCUT2D eigenvalue weighted by atomic mass is 10.1. The van der Waals surface area contributed by atoms with Gasteiger partial charge in [-0.25, -0.2) is 4.98 Å². The van der Waals surface area contributed by atoms with E-state index in [4.69, 9.17) is 4.74 Å². The maximum Gasteiger partial charge on any atom is 0.248 e. The summed E-state index contributed by atoms with van der Waals surface area (Å²) >= 11 is 0. The van der Waals surface area contributed by atoms with Crippen molar-refractivity contribution in [3.63, 3.8) is 0 Å². The largest absolute Gasteiger partial charge is 0.439 e. The van der Waals surface area contributed by atoms with Crippen LogP contribution in [-0.4, -0.2) is 43.1 Å². The molecule has 1 fully saturated rings. The molecule has 3 N–H and O–H groups in total. The number of hydrogen-bond donors (Lipinski definition) is 3. The molecule has 1 amide bonds. The van der Waals surface area contributed by atoms with Crippen LogP contribution in [0.1, 0.15) is 24.0 Å². The third kappa shape index (κ3) is 5.29. The van der Waals surface area contributed by atoms with Gasteiger partial charge >= 0.3 is 0 Å². The molecule has 0 bridgehead atoms. The zero-order chi connectivity index (χ0) is 27.5. The number of anilines is 3. The number of nitrogens with one attached hydrogen (secondary N) is 3. The molecule has 3 aromatic heterocycles. The summed E-state index contributed by atoms with van der Waals surface area (Å²) in [6.07, 6.45) is 10.3. The molecule has 1 aliphatic heterocycles. The molecular formula is C29H25N9O2. The molecule has 11 nitrogen and oxygen atoms in total. The van der Waals surface area contributed by atoms with Crippen molar-refractivity contribution in [2.45, 2.75) is 25.8 Å². The number of aromatic nitrogens is 5. The highest BCUT2D eigenvalue weighted by Crippen LogP contribution is 2.33. The van der Waals surface area contributed by atoms with E-state index in [1.54, 1.807) is 35.3 Å². The van der Waals surface area contributed by atoms with Gasteiger partial charge in [-0.2, -0.15) is 5.26 Å². The Morgan fingerprint density at radius 1 is 1.18 bits per heavy atom. The summed E-state index contributed by atoms with van der Waals surface area (Å²) < 4.78 is 7.67. The molecule has 0 spiro atoms. The van der Waals surface area contributed by atoms with E-state index in [-0.39, 0.29) is 11.9 Å². The Bertz CT molecular complexity index is 1800. The van der Waals surface area contributed by atoms with Gasteiger partial charge in [0.25, 0.3) is 0 Å². The normalized spacial score (nSPS) is 14.9. The number of fused-ring (bicyclic) bond motifs is 2. The number of aryl methyl sites for hydroxylation is 1. The highest BCUT2D eigenvalue weighted by Gasteiger charge is 2.14. The van der Waals surface area contributed by atoms with Gasteiger partial charge in [0.15, 0.2) is 5.65 Å². The predicted molar refractivity (Wildman–Crippen MR) is 151 cm³/mol. The number of carbonyl (C=O) groups excluding carboxylic acids is 1. The Morgan fingerprint density at radius 3 is 2.90 bits per heavy atom. The van der Waals surface area contributed by atoms with Gasteiger partial charge in [-0.15, -0.1) is 10.2 Å². The quantitative estimate of drug-likeness (QED) is 0.256. The van der Waals surface area contributed by atoms with Crippen LogP contribution in [0.25, 0.3) is 16.6 Å². The molecule has 198 valence electrons. The Morgan fingerprint density at radius 2 is 2.08 bits per heavy atom. The van der Waals surface area contributed by atoms with E-state index in [9.17, 15) is 10.1 Å². The fourth-order valence-corrected chi connectivity index (χ4v) is 4.62. The Balaban J connectivity index is 1.24. The van der Waals surface area contributed by atoms with Crippen LogP contribution < -0.4 is 20.7 Å². The minimum atomic E-state index is -0.212. The third-order valence-corrected chi connectivity index (χ3v) is 6.66. The first-order chi connectivity index (χ1) is 19.6. The molecule has 1 aliphatic rings. The van der Waals surface area contributed by atoms with Gasteiger partial charge in [0, 0.05) is 41.1 Å². The second-order valence-corrected chi connectivity index (χ2v) is 9.47. The summed E-state index contributed by atoms with van der Waals surface area (Å²) in [5.41, 5.74) is 4.54. The van der Waals surface area contributed by atoms with Crippen molar-refractivity contribution in [2.75, 3.05) is 17.2 Å². The number of rotatable bonds is 7. The van der Waals surface area contributed by atoms with E-state index in [1.165, 1.54) is 6.20 Å². The SMILES string of the molecule is Cc1cc(Nc2c(C#N)cnc3ccc(NC(=O)/C=C/[C@H]4CCCN4)cc23)ccc1Oc1cc2nncn2cn1. The van der Waals surface area contributed by atoms with Crippen molar-refractivity contribution in [3.8, 4) is 17.7 Å². The average Bonchev–Trinajstić information content (AvgIpc) is 3.66. The lowest BCUT2D eigenvalue weighted by Gasteiger charge is -2.14. The van der Waals surface area contributed by atoms with Gasteiger partial charge in [-0.1, -0.05) is 6.08 Å². The molecule has 0 unspecified atom stereocenters. The summed E-state index contributed by atoms with van der Waals surface area (Å²) in [6, 6.07) is 15.2. The summed E-state index contributed by atoms with van der Waals surface area (Å²) in [5, 5.41) is 28.0. The molecule has 11 heteroatoms. The van der Waals surface area contributed by atoms with Gasteiger partial charge in [0.2, 0.25) is 11.8 Å². The van der Waals surface area contributed by atoms with Gasteiger partial charge in [-0.3, -0.25) is 14.2 Å². The van der Waals surface area contributed by atoms with Crippen LogP contribution in [0.3, 0.4) is 0 Å². The second kappa shape index (κ2) is 10.8. The van der Waals surface area contributed by atoms with Crippen molar-refractivity contribution in [1.82, 2.24) is 29.9 Å². The number of pyridine rings is 1. The standard InChI is InChI=1S/C29H25N9O2/c1-18-11-21(5-8-25(18)40-28-13-26-37-34-17-38(26)16-33-28)36-29-19(14-30)15-32-24-7-4-22(12-23(24)29)35-27(39)9-6-20-3-2-10-31-20/h4-9,11-13,15-17,20,31H,2-3,10H2,1H3,(H,32,36)(H,35,39)/b9-6+/t20-/m1/s1. The monoisotopic (exact) mass is 531 g/mol. The van der Waals surface area contributed by atoms with E-state index < -0.39 is 0 Å². The summed E-state index contributed by atoms with van der Waals surface area (Å²) in [6.45, 7) is 2.90. The molecule has 0 aliphatic carbocycles. The topological polar surface area (TPSA) is 142 Å². The van der Waals surface area contributed by atoms with E-state index in [0.29, 0.717) is 45.1 Å². The van der Waals surface area contributed by atoms with Crippen molar-refractivity contribution in [1.29, 1.82) is 5.26 Å². The van der Waals surface area contributed by atoms with Crippen LogP contribution in [0.4, 0.5) is 17.1 Å². The highest BCUT2D eigenvalue weighted by atomic mass is 16.5. The summed E-state index contributed by atoms with van der Waals surface area (Å²) in [4.78, 5) is 21.2. The number of hydrogen-bond acceptors (Lipinski definition) is 9. The molecule has 40 heavy (non-hydrogen) atoms. The fourth-order valence-electron chi connectivity index (χ4n) is 4.62. The number of ether oxygens (including phenoxy) is 1. The number of nitriles is 1. The molecule has 0 saturated carbocycles. The number of benzene rings is 2. The Labute approximate surface area is 229 Å². The first-order valence-corrected chi connectivity index (χ1v) is 12.8. The molecule has 2 aromatic carbocycles. The lowest BCUT2D eigenvalue weighted by molar-refractivity contribution is -0.111. The average molecular weight is 532 g/mol. The molecule has 1 atom stereocenters. The Kier molecular flexibility index (Phi) is 6.74. The van der Waals surface area contributed by atoms with Crippen LogP contribution in [-0.2, 0) is 4.79 Å². The Hall–Kier alpha value is -5.34. The van der Waals surface area contributed by atoms with Crippen molar-refractivity contribution < 1.29 is 9.53 Å². The molecule has 5 aromatic rings. The highest BCUT2D eigenvalue weighted by molar-refractivity contribution is 6.03. The van der Waals surface area contributed by atoms with Gasteiger partial charge in [-0.05, 0) is 68.3 Å². The van der Waals surface area contributed by atoms with Gasteiger partial charge in [0.05, 0.1) is 16.8 Å². The van der Waals surface area contributed by atoms with Crippen LogP contribution in [0, 0.1) is 18.3 Å². The van der Waals surface area contributed by atoms with Crippen molar-refractivity contribution in [3.05, 3.63) is 84.6 Å². The van der Waals surface area contributed by atoms with Crippen LogP contribution in [0.5, 0.6) is 11.6 Å². The van der Waals surface area contributed by atoms with Crippen LogP contribution >= 0.6 is 0 Å². The van der Waals surface area contributed by atoms with Crippen molar-refractivity contribution in [2.24, 2.45) is 0 Å². The molecule has 0 radical (unpaired) electrons. The summed E-state index contributed by atoms with van der Waals surface area (Å²) in [7, 11) is 0. The maximum absolute atomic E-state index is 12.5. The minimum absolute atomic E-state index is 0.212. The first-order valence-electron chi connectivity index (χ1n) is 12.8. The van der Waals surface area contributed by atoms with E-state index in [1.807, 2.05) is 43.3 Å². The summed E-state index contributed by atoms with van der Waals surface area (Å²) in [5.74, 6) is 0.823. The zero-order valence-corrected chi connectivity index (χ0v) is 21.6. The first kappa shape index (κ1) is 25.0. The van der Waals surface area contributed by atoms with E-state index in [0.717, 1.165) is 30.6 Å². The second-order valence-electron chi connectivity index (χ2n) is 9.47. The van der Waals surface area contributed by atoms with Crippen molar-refractivity contribution >= 4 is 39.5 Å². The van der Waals surface area contributed by atoms with Crippen LogP contribution in [0.2, 0.25) is 0 Å². The zero-order valence-electron chi connectivity index (χ0n) is 21.6. The smallest absolute Gasteiger partial charge is 0.248 e. The molecule has 6 rings (SSSR count). The van der Waals surface area contributed by atoms with Crippen LogP contribution in [0.15, 0.2) is 73.5 Å². The predicted octanol–water partition coefficient (Wildman–Crippen LogP) is 4.64. The third-order valence-electron chi connectivity index (χ3n) is 6.66. The molecular weight excluding hydrogens is 506 g/mol. The van der Waals surface area contributed by atoms with Gasteiger partial charge < -0.3 is 20.7 Å².